The summed E-state index contributed by atoms with van der Waals surface area (Å²) in [5, 5.41) is 13.9. The number of aromatic amines is 1. The molecule has 1 fully saturated rings. The van der Waals surface area contributed by atoms with Gasteiger partial charge >= 0.3 is 6.03 Å². The van der Waals surface area contributed by atoms with E-state index in [1.807, 2.05) is 36.0 Å². The predicted octanol–water partition coefficient (Wildman–Crippen LogP) is 2.57. The molecule has 23 heavy (non-hydrogen) atoms. The number of anilines is 1. The Morgan fingerprint density at radius 3 is 3.04 bits per heavy atom. The zero-order chi connectivity index (χ0) is 15.8. The number of aromatic nitrogens is 4. The minimum atomic E-state index is -0.230. The first kappa shape index (κ1) is 13.8. The second-order valence-electron chi connectivity index (χ2n) is 5.95. The second kappa shape index (κ2) is 5.42. The van der Waals surface area contributed by atoms with E-state index in [4.69, 9.17) is 0 Å². The van der Waals surface area contributed by atoms with E-state index < -0.39 is 0 Å². The van der Waals surface area contributed by atoms with E-state index in [1.165, 1.54) is 0 Å². The number of carbonyl (C=O) groups excluding carboxylic acids is 1. The van der Waals surface area contributed by atoms with Gasteiger partial charge < -0.3 is 15.2 Å². The molecule has 0 bridgehead atoms. The van der Waals surface area contributed by atoms with Crippen LogP contribution in [0.5, 0.6) is 0 Å². The number of amides is 2. The van der Waals surface area contributed by atoms with Gasteiger partial charge in [0.05, 0.1) is 23.4 Å². The molecular formula is C16H18N6O. The Morgan fingerprint density at radius 1 is 1.43 bits per heavy atom. The molecule has 3 aromatic rings. The number of benzene rings is 1. The highest BCUT2D eigenvalue weighted by atomic mass is 16.2. The molecule has 0 radical (unpaired) electrons. The maximum Gasteiger partial charge on any atom is 0.319 e. The molecule has 7 nitrogen and oxygen atoms in total. The highest BCUT2D eigenvalue weighted by Crippen LogP contribution is 2.40. The summed E-state index contributed by atoms with van der Waals surface area (Å²) < 4.78 is 1.96. The van der Waals surface area contributed by atoms with E-state index in [-0.39, 0.29) is 12.1 Å². The zero-order valence-corrected chi connectivity index (χ0v) is 12.8. The Balaban J connectivity index is 1.53. The molecule has 2 aromatic heterocycles. The molecule has 3 N–H and O–H groups in total. The fourth-order valence-electron chi connectivity index (χ4n) is 2.87. The van der Waals surface area contributed by atoms with Crippen LogP contribution in [0.25, 0.3) is 10.9 Å². The van der Waals surface area contributed by atoms with Crippen LogP contribution in [-0.2, 0) is 7.05 Å². The van der Waals surface area contributed by atoms with Gasteiger partial charge in [0.25, 0.3) is 0 Å². The molecule has 0 spiro atoms. The van der Waals surface area contributed by atoms with Gasteiger partial charge in [0.2, 0.25) is 0 Å². The van der Waals surface area contributed by atoms with Gasteiger partial charge in [-0.25, -0.2) is 9.78 Å². The first-order chi connectivity index (χ1) is 11.2. The molecule has 118 valence electrons. The minimum absolute atomic E-state index is 0.0593. The number of nitrogens with one attached hydrogen (secondary N) is 3. The fraction of sp³-hybridized carbons (Fsp3) is 0.312. The first-order valence-corrected chi connectivity index (χ1v) is 7.69. The number of aryl methyl sites for hydroxylation is 1. The van der Waals surface area contributed by atoms with Gasteiger partial charge in [-0.2, -0.15) is 5.10 Å². The number of para-hydroxylation sites is 1. The van der Waals surface area contributed by atoms with E-state index in [2.05, 4.69) is 25.8 Å². The average molecular weight is 310 g/mol. The molecule has 0 aliphatic heterocycles. The Kier molecular flexibility index (Phi) is 3.25. The lowest BCUT2D eigenvalue weighted by atomic mass is 10.1. The van der Waals surface area contributed by atoms with E-state index in [0.717, 1.165) is 29.6 Å². The van der Waals surface area contributed by atoms with Gasteiger partial charge in [0, 0.05) is 24.8 Å². The van der Waals surface area contributed by atoms with Gasteiger partial charge in [0.15, 0.2) is 0 Å². The molecule has 0 saturated heterocycles. The standard InChI is InChI=1S/C16H18N6O/c1-22-8-7-17-15(22)14(10-5-6-10)20-16(23)19-12-4-2-3-11-9-18-21-13(11)12/h2-4,7-10,14H,5-6H2,1H3,(H,18,21)(H2,19,20,23)/t14-/m1/s1. The Bertz CT molecular complexity index is 847. The third kappa shape index (κ3) is 2.65. The molecule has 1 aliphatic rings. The fourth-order valence-corrected chi connectivity index (χ4v) is 2.87. The number of H-pyrrole nitrogens is 1. The summed E-state index contributed by atoms with van der Waals surface area (Å²) in [6.45, 7) is 0. The van der Waals surface area contributed by atoms with Crippen molar-refractivity contribution < 1.29 is 4.79 Å². The molecule has 1 atom stereocenters. The SMILES string of the molecule is Cn1ccnc1[C@H](NC(=O)Nc1cccc2cn[nH]c12)C1CC1. The number of urea groups is 1. The number of imidazole rings is 1. The smallest absolute Gasteiger partial charge is 0.319 e. The zero-order valence-electron chi connectivity index (χ0n) is 12.8. The molecule has 1 aliphatic carbocycles. The van der Waals surface area contributed by atoms with Crippen LogP contribution in [0, 0.1) is 5.92 Å². The predicted molar refractivity (Wildman–Crippen MR) is 86.9 cm³/mol. The molecular weight excluding hydrogens is 292 g/mol. The molecule has 4 rings (SSSR count). The van der Waals surface area contributed by atoms with Crippen LogP contribution in [0.15, 0.2) is 36.8 Å². The van der Waals surface area contributed by atoms with Crippen LogP contribution >= 0.6 is 0 Å². The maximum absolute atomic E-state index is 12.4. The summed E-state index contributed by atoms with van der Waals surface area (Å²) in [4.78, 5) is 16.8. The van der Waals surface area contributed by atoms with Crippen molar-refractivity contribution in [1.29, 1.82) is 0 Å². The van der Waals surface area contributed by atoms with Crippen LogP contribution in [0.1, 0.15) is 24.7 Å². The van der Waals surface area contributed by atoms with Crippen molar-refractivity contribution in [1.82, 2.24) is 25.1 Å². The summed E-state index contributed by atoms with van der Waals surface area (Å²) in [5.41, 5.74) is 1.54. The summed E-state index contributed by atoms with van der Waals surface area (Å²) in [6.07, 6.45) is 7.63. The van der Waals surface area contributed by atoms with Gasteiger partial charge in [-0.1, -0.05) is 12.1 Å². The van der Waals surface area contributed by atoms with Crippen LogP contribution in [0.3, 0.4) is 0 Å². The summed E-state index contributed by atoms with van der Waals surface area (Å²) in [6, 6.07) is 5.41. The van der Waals surface area contributed by atoms with E-state index in [9.17, 15) is 4.79 Å². The highest BCUT2D eigenvalue weighted by Gasteiger charge is 2.35. The van der Waals surface area contributed by atoms with E-state index in [1.54, 1.807) is 12.4 Å². The van der Waals surface area contributed by atoms with Gasteiger partial charge in [-0.15, -0.1) is 0 Å². The van der Waals surface area contributed by atoms with Crippen LogP contribution in [0.2, 0.25) is 0 Å². The third-order valence-electron chi connectivity index (χ3n) is 4.24. The van der Waals surface area contributed by atoms with Gasteiger partial charge in [-0.3, -0.25) is 5.10 Å². The van der Waals surface area contributed by atoms with E-state index in [0.29, 0.717) is 11.6 Å². The minimum Gasteiger partial charge on any atom is -0.336 e. The van der Waals surface area contributed by atoms with Crippen LogP contribution < -0.4 is 10.6 Å². The second-order valence-corrected chi connectivity index (χ2v) is 5.95. The quantitative estimate of drug-likeness (QED) is 0.692. The summed E-state index contributed by atoms with van der Waals surface area (Å²) in [7, 11) is 1.95. The summed E-state index contributed by atoms with van der Waals surface area (Å²) >= 11 is 0. The van der Waals surface area contributed by atoms with E-state index >= 15 is 0 Å². The van der Waals surface area contributed by atoms with Crippen molar-refractivity contribution in [2.75, 3.05) is 5.32 Å². The number of hydrogen-bond acceptors (Lipinski definition) is 3. The van der Waals surface area contributed by atoms with Crippen LogP contribution in [-0.4, -0.2) is 25.8 Å². The number of hydrogen-bond donors (Lipinski definition) is 3. The first-order valence-electron chi connectivity index (χ1n) is 7.69. The third-order valence-corrected chi connectivity index (χ3v) is 4.24. The normalized spacial score (nSPS) is 15.5. The van der Waals surface area contributed by atoms with Gasteiger partial charge in [0.1, 0.15) is 5.82 Å². The van der Waals surface area contributed by atoms with Crippen molar-refractivity contribution in [3.05, 3.63) is 42.6 Å². The lowest BCUT2D eigenvalue weighted by molar-refractivity contribution is 0.246. The largest absolute Gasteiger partial charge is 0.336 e. The lowest BCUT2D eigenvalue weighted by Crippen LogP contribution is -2.35. The van der Waals surface area contributed by atoms with Crippen molar-refractivity contribution in [2.45, 2.75) is 18.9 Å². The van der Waals surface area contributed by atoms with Gasteiger partial charge in [-0.05, 0) is 24.8 Å². The molecule has 7 heteroatoms. The highest BCUT2D eigenvalue weighted by molar-refractivity contribution is 5.99. The van der Waals surface area contributed by atoms with Crippen molar-refractivity contribution in [3.8, 4) is 0 Å². The van der Waals surface area contributed by atoms with Crippen molar-refractivity contribution >= 4 is 22.6 Å². The van der Waals surface area contributed by atoms with Crippen LogP contribution in [0.4, 0.5) is 10.5 Å². The number of rotatable bonds is 4. The maximum atomic E-state index is 12.4. The van der Waals surface area contributed by atoms with Crippen molar-refractivity contribution in [2.24, 2.45) is 13.0 Å². The lowest BCUT2D eigenvalue weighted by Gasteiger charge is -2.18. The molecule has 1 aromatic carbocycles. The molecule has 1 saturated carbocycles. The molecule has 0 unspecified atom stereocenters. The number of nitrogens with zero attached hydrogens (tertiary/aromatic N) is 3. The monoisotopic (exact) mass is 310 g/mol. The molecule has 2 heterocycles. The topological polar surface area (TPSA) is 87.6 Å². The Labute approximate surface area is 133 Å². The molecule has 2 amide bonds. The number of carbonyl (C=O) groups is 1. The average Bonchev–Trinajstić information content (AvgIpc) is 3.10. The van der Waals surface area contributed by atoms with Crippen molar-refractivity contribution in [3.63, 3.8) is 0 Å². The Hall–Kier alpha value is -2.83. The Morgan fingerprint density at radius 2 is 2.30 bits per heavy atom. The summed E-state index contributed by atoms with van der Waals surface area (Å²) in [5.74, 6) is 1.35. The number of fused-ring (bicyclic) bond motifs is 1.